The molecule has 0 aromatic heterocycles. The van der Waals surface area contributed by atoms with Gasteiger partial charge in [-0.1, -0.05) is 26.2 Å². The Morgan fingerprint density at radius 2 is 1.68 bits per heavy atom. The molecule has 22 heavy (non-hydrogen) atoms. The van der Waals surface area contributed by atoms with Crippen LogP contribution in [0.4, 0.5) is 0 Å². The first-order valence-corrected chi connectivity index (χ1v) is 10.4. The number of carbonyl (C=O) groups excluding carboxylic acids is 1. The minimum atomic E-state index is -3.13. The van der Waals surface area contributed by atoms with Gasteiger partial charge in [0.05, 0.1) is 5.75 Å². The van der Waals surface area contributed by atoms with E-state index >= 15 is 0 Å². The smallest absolute Gasteiger partial charge is 0.226 e. The molecular formula is C16H28N2O3S. The fourth-order valence-electron chi connectivity index (χ4n) is 4.25. The molecule has 0 aromatic rings. The van der Waals surface area contributed by atoms with Crippen LogP contribution in [-0.4, -0.2) is 55.5 Å². The van der Waals surface area contributed by atoms with Gasteiger partial charge in [-0.3, -0.25) is 4.79 Å². The Morgan fingerprint density at radius 1 is 1.05 bits per heavy atom. The van der Waals surface area contributed by atoms with Crippen molar-refractivity contribution in [2.24, 2.45) is 17.8 Å². The van der Waals surface area contributed by atoms with E-state index in [1.165, 1.54) is 19.3 Å². The average molecular weight is 328 g/mol. The lowest BCUT2D eigenvalue weighted by atomic mass is 10.1. The van der Waals surface area contributed by atoms with Gasteiger partial charge in [0.25, 0.3) is 0 Å². The van der Waals surface area contributed by atoms with Crippen molar-refractivity contribution in [2.45, 2.75) is 45.4 Å². The average Bonchev–Trinajstić information content (AvgIpc) is 2.99. The Bertz CT molecular complexity index is 501. The molecule has 3 atom stereocenters. The molecule has 5 nitrogen and oxygen atoms in total. The molecule has 1 aliphatic heterocycles. The molecule has 1 unspecified atom stereocenters. The number of unbranched alkanes of at least 4 members (excludes halogenated alkanes) is 2. The summed E-state index contributed by atoms with van der Waals surface area (Å²) in [5, 5.41) is 0. The monoisotopic (exact) mass is 328 g/mol. The van der Waals surface area contributed by atoms with Crippen LogP contribution in [0.1, 0.15) is 45.4 Å². The predicted octanol–water partition coefficient (Wildman–Crippen LogP) is 1.70. The molecule has 126 valence electrons. The van der Waals surface area contributed by atoms with E-state index in [9.17, 15) is 13.2 Å². The lowest BCUT2D eigenvalue weighted by molar-refractivity contribution is -0.134. The topological polar surface area (TPSA) is 57.7 Å². The zero-order valence-corrected chi connectivity index (χ0v) is 14.4. The fourth-order valence-corrected chi connectivity index (χ4v) is 5.80. The van der Waals surface area contributed by atoms with Crippen molar-refractivity contribution in [1.82, 2.24) is 9.21 Å². The second-order valence-corrected chi connectivity index (χ2v) is 9.12. The fraction of sp³-hybridized carbons (Fsp3) is 0.938. The number of piperazine rings is 1. The summed E-state index contributed by atoms with van der Waals surface area (Å²) in [5.74, 6) is 2.09. The molecule has 0 radical (unpaired) electrons. The van der Waals surface area contributed by atoms with Crippen molar-refractivity contribution in [2.75, 3.05) is 31.9 Å². The molecule has 3 rings (SSSR count). The maximum absolute atomic E-state index is 12.5. The van der Waals surface area contributed by atoms with Crippen molar-refractivity contribution < 1.29 is 13.2 Å². The second-order valence-electron chi connectivity index (χ2n) is 7.03. The summed E-state index contributed by atoms with van der Waals surface area (Å²) < 4.78 is 26.1. The third kappa shape index (κ3) is 3.18. The predicted molar refractivity (Wildman–Crippen MR) is 85.8 cm³/mol. The van der Waals surface area contributed by atoms with Crippen molar-refractivity contribution in [3.63, 3.8) is 0 Å². The molecule has 1 heterocycles. The summed E-state index contributed by atoms with van der Waals surface area (Å²) in [6, 6.07) is 0. The van der Waals surface area contributed by atoms with Gasteiger partial charge >= 0.3 is 0 Å². The van der Waals surface area contributed by atoms with Gasteiger partial charge in [-0.25, -0.2) is 8.42 Å². The Balaban J connectivity index is 1.47. The second kappa shape index (κ2) is 6.48. The third-order valence-corrected chi connectivity index (χ3v) is 7.60. The summed E-state index contributed by atoms with van der Waals surface area (Å²) in [4.78, 5) is 14.4. The van der Waals surface area contributed by atoms with Gasteiger partial charge in [-0.15, -0.1) is 0 Å². The van der Waals surface area contributed by atoms with Gasteiger partial charge in [0.1, 0.15) is 0 Å². The Morgan fingerprint density at radius 3 is 2.27 bits per heavy atom. The van der Waals surface area contributed by atoms with Crippen LogP contribution in [0, 0.1) is 17.8 Å². The molecule has 0 N–H and O–H groups in total. The van der Waals surface area contributed by atoms with E-state index in [0.717, 1.165) is 19.3 Å². The van der Waals surface area contributed by atoms with Crippen LogP contribution in [-0.2, 0) is 14.8 Å². The number of nitrogens with zero attached hydrogens (tertiary/aromatic N) is 2. The normalized spacial score (nSPS) is 32.0. The number of fused-ring (bicyclic) bond motifs is 1. The number of hydrogen-bond donors (Lipinski definition) is 0. The molecule has 2 saturated carbocycles. The molecular weight excluding hydrogens is 300 g/mol. The highest BCUT2D eigenvalue weighted by molar-refractivity contribution is 7.89. The SMILES string of the molecule is CCCCCS(=O)(=O)N1CCN(C(=O)C2[C@H]3CCC[C@@H]23)CC1. The number of amides is 1. The van der Waals surface area contributed by atoms with E-state index in [1.54, 1.807) is 4.31 Å². The van der Waals surface area contributed by atoms with E-state index in [2.05, 4.69) is 6.92 Å². The van der Waals surface area contributed by atoms with Crippen molar-refractivity contribution in [3.05, 3.63) is 0 Å². The first kappa shape index (κ1) is 16.2. The number of sulfonamides is 1. The Kier molecular flexibility index (Phi) is 4.78. The van der Waals surface area contributed by atoms with Gasteiger partial charge < -0.3 is 4.90 Å². The first-order chi connectivity index (χ1) is 10.5. The van der Waals surface area contributed by atoms with E-state index in [0.29, 0.717) is 38.0 Å². The van der Waals surface area contributed by atoms with Crippen LogP contribution in [0.2, 0.25) is 0 Å². The zero-order chi connectivity index (χ0) is 15.7. The van der Waals surface area contributed by atoms with Crippen molar-refractivity contribution >= 4 is 15.9 Å². The van der Waals surface area contributed by atoms with E-state index in [1.807, 2.05) is 4.90 Å². The van der Waals surface area contributed by atoms with Gasteiger partial charge in [0, 0.05) is 32.1 Å². The molecule has 1 saturated heterocycles. The van der Waals surface area contributed by atoms with E-state index in [4.69, 9.17) is 0 Å². The summed E-state index contributed by atoms with van der Waals surface area (Å²) >= 11 is 0. The highest BCUT2D eigenvalue weighted by Gasteiger charge is 2.57. The zero-order valence-electron chi connectivity index (χ0n) is 13.5. The van der Waals surface area contributed by atoms with Gasteiger partial charge in [0.15, 0.2) is 0 Å². The van der Waals surface area contributed by atoms with Crippen LogP contribution in [0.5, 0.6) is 0 Å². The van der Waals surface area contributed by atoms with E-state index in [-0.39, 0.29) is 17.6 Å². The minimum absolute atomic E-state index is 0.252. The molecule has 1 amide bonds. The summed E-state index contributed by atoms with van der Waals surface area (Å²) in [5.41, 5.74) is 0. The summed E-state index contributed by atoms with van der Waals surface area (Å²) in [6.45, 7) is 4.16. The first-order valence-electron chi connectivity index (χ1n) is 8.81. The van der Waals surface area contributed by atoms with Crippen LogP contribution in [0.25, 0.3) is 0 Å². The quantitative estimate of drug-likeness (QED) is 0.697. The van der Waals surface area contributed by atoms with Crippen LogP contribution >= 0.6 is 0 Å². The maximum atomic E-state index is 12.5. The Labute approximate surface area is 134 Å². The molecule has 3 fully saturated rings. The number of hydrogen-bond acceptors (Lipinski definition) is 3. The van der Waals surface area contributed by atoms with E-state index < -0.39 is 10.0 Å². The van der Waals surface area contributed by atoms with Gasteiger partial charge in [0.2, 0.25) is 15.9 Å². The van der Waals surface area contributed by atoms with Gasteiger partial charge in [-0.2, -0.15) is 4.31 Å². The summed E-state index contributed by atoms with van der Waals surface area (Å²) in [7, 11) is -3.13. The largest absolute Gasteiger partial charge is 0.340 e. The lowest BCUT2D eigenvalue weighted by Gasteiger charge is -2.34. The summed E-state index contributed by atoms with van der Waals surface area (Å²) in [6.07, 6.45) is 6.44. The van der Waals surface area contributed by atoms with Crippen molar-refractivity contribution in [1.29, 1.82) is 0 Å². The molecule has 0 spiro atoms. The molecule has 0 bridgehead atoms. The molecule has 6 heteroatoms. The third-order valence-electron chi connectivity index (χ3n) is 5.64. The van der Waals surface area contributed by atoms with Crippen molar-refractivity contribution in [3.8, 4) is 0 Å². The minimum Gasteiger partial charge on any atom is -0.340 e. The lowest BCUT2D eigenvalue weighted by Crippen LogP contribution is -2.51. The number of rotatable bonds is 6. The standard InChI is InChI=1S/C16H28N2O3S/c1-2-3-4-12-22(20,21)18-10-8-17(9-11-18)16(19)15-13-6-5-7-14(13)15/h13-15H,2-12H2,1H3/t13-,14+,15?. The molecule has 0 aromatic carbocycles. The highest BCUT2D eigenvalue weighted by atomic mass is 32.2. The molecule has 2 aliphatic carbocycles. The van der Waals surface area contributed by atoms with Gasteiger partial charge in [-0.05, 0) is 31.1 Å². The highest BCUT2D eigenvalue weighted by Crippen LogP contribution is 2.58. The number of carbonyl (C=O) groups is 1. The maximum Gasteiger partial charge on any atom is 0.226 e. The van der Waals surface area contributed by atoms with Crippen LogP contribution in [0.3, 0.4) is 0 Å². The Hall–Kier alpha value is -0.620. The molecule has 3 aliphatic rings. The van der Waals surface area contributed by atoms with Crippen LogP contribution in [0.15, 0.2) is 0 Å². The van der Waals surface area contributed by atoms with Crippen LogP contribution < -0.4 is 0 Å².